The number of piperazine rings is 1. The molecule has 8 nitrogen and oxygen atoms in total. The van der Waals surface area contributed by atoms with E-state index in [2.05, 4.69) is 15.0 Å². The molecule has 0 saturated carbocycles. The second-order valence-corrected chi connectivity index (χ2v) is 9.99. The summed E-state index contributed by atoms with van der Waals surface area (Å²) in [5, 5.41) is 1.39. The molecule has 1 aliphatic rings. The first-order valence-corrected chi connectivity index (χ1v) is 11.9. The highest BCUT2D eigenvalue weighted by molar-refractivity contribution is 7.89. The normalized spacial score (nSPS) is 15.5. The highest BCUT2D eigenvalue weighted by Crippen LogP contribution is 2.26. The summed E-state index contributed by atoms with van der Waals surface area (Å²) in [5.41, 5.74) is 3.76. The molecule has 3 aromatic heterocycles. The summed E-state index contributed by atoms with van der Waals surface area (Å²) in [4.78, 5) is 26.9. The number of aryl methyl sites for hydroxylation is 2. The van der Waals surface area contributed by atoms with Crippen molar-refractivity contribution in [3.63, 3.8) is 0 Å². The summed E-state index contributed by atoms with van der Waals surface area (Å²) in [5.74, 6) is -0.0977. The summed E-state index contributed by atoms with van der Waals surface area (Å²) >= 11 is 0. The number of amides is 1. The number of nitrogens with zero attached hydrogens (tertiary/aromatic N) is 4. The van der Waals surface area contributed by atoms with Gasteiger partial charge in [-0.15, -0.1) is 0 Å². The monoisotopic (exact) mass is 449 g/mol. The highest BCUT2D eigenvalue weighted by Gasteiger charge is 2.32. The summed E-state index contributed by atoms with van der Waals surface area (Å²) < 4.78 is 27.9. The molecule has 32 heavy (non-hydrogen) atoms. The van der Waals surface area contributed by atoms with Gasteiger partial charge in [0.15, 0.2) is 0 Å². The summed E-state index contributed by atoms with van der Waals surface area (Å²) in [6.07, 6.45) is 3.10. The summed E-state index contributed by atoms with van der Waals surface area (Å²) in [6.45, 7) is 4.98. The molecule has 1 saturated heterocycles. The molecule has 4 aromatic rings. The number of aromatic amines is 1. The number of H-pyrrole nitrogens is 1. The van der Waals surface area contributed by atoms with Crippen LogP contribution in [0.25, 0.3) is 21.9 Å². The van der Waals surface area contributed by atoms with Gasteiger partial charge in [0.2, 0.25) is 10.0 Å². The Morgan fingerprint density at radius 3 is 2.59 bits per heavy atom. The van der Waals surface area contributed by atoms with Gasteiger partial charge >= 0.3 is 0 Å². The number of carbonyl (C=O) groups is 1. The van der Waals surface area contributed by atoms with Crippen LogP contribution in [0.3, 0.4) is 0 Å². The first kappa shape index (κ1) is 20.6. The third-order valence-electron chi connectivity index (χ3n) is 5.88. The Kier molecular flexibility index (Phi) is 4.94. The largest absolute Gasteiger partial charge is 0.345 e. The van der Waals surface area contributed by atoms with Gasteiger partial charge < -0.3 is 9.88 Å². The second kappa shape index (κ2) is 7.68. The van der Waals surface area contributed by atoms with E-state index in [1.54, 1.807) is 23.2 Å². The van der Waals surface area contributed by atoms with E-state index in [1.165, 1.54) is 10.5 Å². The first-order valence-electron chi connectivity index (χ1n) is 10.4. The van der Waals surface area contributed by atoms with Gasteiger partial charge in [-0.05, 0) is 44.2 Å². The minimum atomic E-state index is -3.69. The SMILES string of the molecule is Cc1ccc2nc(C)cc(C(=O)N3CCN(S(=O)(=O)c4c[nH]c5ncccc45)CC3)c2c1. The average molecular weight is 450 g/mol. The van der Waals surface area contributed by atoms with E-state index in [1.807, 2.05) is 38.1 Å². The number of sulfonamides is 1. The zero-order valence-corrected chi connectivity index (χ0v) is 18.7. The van der Waals surface area contributed by atoms with Gasteiger partial charge in [0.25, 0.3) is 5.91 Å². The van der Waals surface area contributed by atoms with Crippen LogP contribution < -0.4 is 0 Å². The van der Waals surface area contributed by atoms with Crippen LogP contribution in [-0.2, 0) is 10.0 Å². The molecule has 9 heteroatoms. The molecule has 1 N–H and O–H groups in total. The lowest BCUT2D eigenvalue weighted by atomic mass is 10.0. The van der Waals surface area contributed by atoms with Gasteiger partial charge in [0, 0.05) is 55.0 Å². The Hall–Kier alpha value is -3.30. The molecule has 0 unspecified atom stereocenters. The molecule has 5 rings (SSSR count). The lowest BCUT2D eigenvalue weighted by Crippen LogP contribution is -2.50. The molecule has 0 atom stereocenters. The molecule has 0 bridgehead atoms. The number of aromatic nitrogens is 3. The molecule has 1 amide bonds. The van der Waals surface area contributed by atoms with Crippen LogP contribution in [0, 0.1) is 13.8 Å². The smallest absolute Gasteiger partial charge is 0.254 e. The highest BCUT2D eigenvalue weighted by atomic mass is 32.2. The maximum absolute atomic E-state index is 13.4. The number of pyridine rings is 2. The van der Waals surface area contributed by atoms with Crippen molar-refractivity contribution in [2.45, 2.75) is 18.7 Å². The minimum Gasteiger partial charge on any atom is -0.345 e. The zero-order valence-electron chi connectivity index (χ0n) is 17.9. The third-order valence-corrected chi connectivity index (χ3v) is 7.82. The van der Waals surface area contributed by atoms with Gasteiger partial charge in [0.05, 0.1) is 11.1 Å². The fourth-order valence-electron chi connectivity index (χ4n) is 4.23. The first-order chi connectivity index (χ1) is 15.3. The molecule has 1 aromatic carbocycles. The molecular formula is C23H23N5O3S. The molecular weight excluding hydrogens is 426 g/mol. The van der Waals surface area contributed by atoms with Crippen LogP contribution in [0.5, 0.6) is 0 Å². The van der Waals surface area contributed by atoms with E-state index < -0.39 is 10.0 Å². The van der Waals surface area contributed by atoms with Crippen LogP contribution in [-0.4, -0.2) is 64.7 Å². The standard InChI is InChI=1S/C23H23N5O3S/c1-15-5-6-20-18(12-15)19(13-16(2)26-20)23(29)27-8-10-28(11-9-27)32(30,31)21-14-25-22-17(21)4-3-7-24-22/h3-7,12-14H,8-11H2,1-2H3,(H,24,25). The van der Waals surface area contributed by atoms with E-state index in [0.717, 1.165) is 22.2 Å². The quantitative estimate of drug-likeness (QED) is 0.519. The van der Waals surface area contributed by atoms with Gasteiger partial charge in [0.1, 0.15) is 10.5 Å². The number of benzene rings is 1. The van der Waals surface area contributed by atoms with Crippen molar-refractivity contribution in [3.05, 3.63) is 65.6 Å². The second-order valence-electron chi connectivity index (χ2n) is 8.08. The predicted molar refractivity (Wildman–Crippen MR) is 122 cm³/mol. The molecule has 0 spiro atoms. The van der Waals surface area contributed by atoms with Gasteiger partial charge in [-0.25, -0.2) is 13.4 Å². The number of carbonyl (C=O) groups excluding carboxylic acids is 1. The van der Waals surface area contributed by atoms with Crippen LogP contribution >= 0.6 is 0 Å². The zero-order chi connectivity index (χ0) is 22.5. The number of hydrogen-bond acceptors (Lipinski definition) is 5. The van der Waals surface area contributed by atoms with Crippen molar-refractivity contribution >= 4 is 37.9 Å². The van der Waals surface area contributed by atoms with Gasteiger partial charge in [-0.1, -0.05) is 11.6 Å². The fourth-order valence-corrected chi connectivity index (χ4v) is 5.81. The van der Waals surface area contributed by atoms with Crippen molar-refractivity contribution < 1.29 is 13.2 Å². The molecule has 1 aliphatic heterocycles. The fraction of sp³-hybridized carbons (Fsp3) is 0.261. The van der Waals surface area contributed by atoms with Crippen molar-refractivity contribution in [3.8, 4) is 0 Å². The molecule has 164 valence electrons. The molecule has 4 heterocycles. The Labute approximate surface area is 185 Å². The van der Waals surface area contributed by atoms with E-state index in [9.17, 15) is 13.2 Å². The molecule has 0 radical (unpaired) electrons. The minimum absolute atomic E-state index is 0.0977. The number of rotatable bonds is 3. The number of nitrogens with one attached hydrogen (secondary N) is 1. The van der Waals surface area contributed by atoms with Gasteiger partial charge in [-0.3, -0.25) is 9.78 Å². The Bertz CT molecular complexity index is 1450. The lowest BCUT2D eigenvalue weighted by Gasteiger charge is -2.34. The van der Waals surface area contributed by atoms with Crippen molar-refractivity contribution in [1.82, 2.24) is 24.2 Å². The van der Waals surface area contributed by atoms with Crippen LogP contribution in [0.15, 0.2) is 53.7 Å². The summed E-state index contributed by atoms with van der Waals surface area (Å²) in [6, 6.07) is 11.1. The number of fused-ring (bicyclic) bond motifs is 2. The molecule has 1 fully saturated rings. The Morgan fingerprint density at radius 2 is 1.81 bits per heavy atom. The van der Waals surface area contributed by atoms with E-state index >= 15 is 0 Å². The molecule has 0 aliphatic carbocycles. The third kappa shape index (κ3) is 3.43. The maximum atomic E-state index is 13.4. The lowest BCUT2D eigenvalue weighted by molar-refractivity contribution is 0.0699. The Balaban J connectivity index is 1.39. The van der Waals surface area contributed by atoms with E-state index in [4.69, 9.17) is 0 Å². The average Bonchev–Trinajstić information content (AvgIpc) is 3.23. The Morgan fingerprint density at radius 1 is 1.03 bits per heavy atom. The van der Waals surface area contributed by atoms with Crippen molar-refractivity contribution in [1.29, 1.82) is 0 Å². The topological polar surface area (TPSA) is 99.3 Å². The van der Waals surface area contributed by atoms with Crippen molar-refractivity contribution in [2.75, 3.05) is 26.2 Å². The van der Waals surface area contributed by atoms with E-state index in [-0.39, 0.29) is 23.9 Å². The van der Waals surface area contributed by atoms with Crippen LogP contribution in [0.2, 0.25) is 0 Å². The number of hydrogen-bond donors (Lipinski definition) is 1. The maximum Gasteiger partial charge on any atom is 0.254 e. The van der Waals surface area contributed by atoms with Gasteiger partial charge in [-0.2, -0.15) is 4.31 Å². The summed E-state index contributed by atoms with van der Waals surface area (Å²) in [7, 11) is -3.69. The van der Waals surface area contributed by atoms with E-state index in [0.29, 0.717) is 29.7 Å². The van der Waals surface area contributed by atoms with Crippen molar-refractivity contribution in [2.24, 2.45) is 0 Å². The van der Waals surface area contributed by atoms with Crippen LogP contribution in [0.4, 0.5) is 0 Å². The predicted octanol–water partition coefficient (Wildman–Crippen LogP) is 2.87. The van der Waals surface area contributed by atoms with Crippen LogP contribution in [0.1, 0.15) is 21.6 Å².